The number of nitrogens with zero attached hydrogens (tertiary/aromatic N) is 6. The minimum Gasteiger partial charge on any atom is -0.349 e. The zero-order valence-corrected chi connectivity index (χ0v) is 13.1. The largest absolute Gasteiger partial charge is 0.349 e. The monoisotopic (exact) mass is 335 g/mol. The molecule has 8 heteroatoms. The first-order valence-electron chi connectivity index (χ1n) is 7.67. The van der Waals surface area contributed by atoms with E-state index in [2.05, 4.69) is 25.9 Å². The number of rotatable bonds is 5. The molecule has 2 aromatic heterocycles. The summed E-state index contributed by atoms with van der Waals surface area (Å²) in [4.78, 5) is 0. The summed E-state index contributed by atoms with van der Waals surface area (Å²) in [5.74, 6) is 0.236. The Balaban J connectivity index is 1.49. The van der Waals surface area contributed by atoms with Crippen molar-refractivity contribution in [3.8, 4) is 11.4 Å². The number of benzene rings is 2. The number of para-hydroxylation sites is 1. The van der Waals surface area contributed by atoms with Crippen molar-refractivity contribution in [1.29, 1.82) is 0 Å². The summed E-state index contributed by atoms with van der Waals surface area (Å²) >= 11 is 0. The lowest BCUT2D eigenvalue weighted by Gasteiger charge is -2.05. The van der Waals surface area contributed by atoms with Crippen LogP contribution < -0.4 is 5.32 Å². The number of anilines is 1. The molecular formula is C17H14FN7. The van der Waals surface area contributed by atoms with E-state index in [-0.39, 0.29) is 5.82 Å². The van der Waals surface area contributed by atoms with Gasteiger partial charge < -0.3 is 5.32 Å². The highest BCUT2D eigenvalue weighted by molar-refractivity contribution is 5.39. The van der Waals surface area contributed by atoms with Gasteiger partial charge >= 0.3 is 0 Å². The highest BCUT2D eigenvalue weighted by Crippen LogP contribution is 2.13. The first-order valence-corrected chi connectivity index (χ1v) is 7.67. The number of hydrogen-bond acceptors (Lipinski definition) is 5. The Hall–Kier alpha value is -3.55. The molecule has 0 unspecified atom stereocenters. The van der Waals surface area contributed by atoms with Crippen LogP contribution in [0.3, 0.4) is 0 Å². The third-order valence-corrected chi connectivity index (χ3v) is 3.63. The van der Waals surface area contributed by atoms with Crippen LogP contribution in [-0.4, -0.2) is 30.0 Å². The van der Waals surface area contributed by atoms with Crippen molar-refractivity contribution in [2.24, 2.45) is 0 Å². The Labute approximate surface area is 142 Å². The fourth-order valence-electron chi connectivity index (χ4n) is 2.43. The zero-order valence-electron chi connectivity index (χ0n) is 13.1. The maximum Gasteiger partial charge on any atom is 0.248 e. The molecule has 0 aliphatic carbocycles. The molecule has 0 aliphatic rings. The van der Waals surface area contributed by atoms with E-state index in [0.29, 0.717) is 18.2 Å². The highest BCUT2D eigenvalue weighted by Gasteiger charge is 2.08. The van der Waals surface area contributed by atoms with Crippen molar-refractivity contribution in [2.75, 3.05) is 5.32 Å². The number of hydrogen-bond donors (Lipinski definition) is 1. The second-order valence-corrected chi connectivity index (χ2v) is 5.38. The predicted molar refractivity (Wildman–Crippen MR) is 90.0 cm³/mol. The lowest BCUT2D eigenvalue weighted by molar-refractivity contribution is 0.625. The van der Waals surface area contributed by atoms with Gasteiger partial charge in [0.2, 0.25) is 5.95 Å². The molecule has 0 saturated carbocycles. The van der Waals surface area contributed by atoms with Gasteiger partial charge in [0.25, 0.3) is 0 Å². The molecule has 0 spiro atoms. The molecule has 1 N–H and O–H groups in total. The van der Waals surface area contributed by atoms with Crippen molar-refractivity contribution in [3.63, 3.8) is 0 Å². The van der Waals surface area contributed by atoms with E-state index >= 15 is 0 Å². The summed E-state index contributed by atoms with van der Waals surface area (Å²) in [6.45, 7) is 0.489. The normalized spacial score (nSPS) is 10.8. The quantitative estimate of drug-likeness (QED) is 0.607. The fraction of sp³-hybridized carbons (Fsp3) is 0.0588. The molecule has 4 aromatic rings. The molecule has 124 valence electrons. The third kappa shape index (κ3) is 3.23. The Morgan fingerprint density at radius 1 is 1.00 bits per heavy atom. The number of halogens is 1. The lowest BCUT2D eigenvalue weighted by atomic mass is 10.3. The molecule has 0 bridgehead atoms. The molecule has 2 heterocycles. The van der Waals surface area contributed by atoms with Crippen LogP contribution in [0.15, 0.2) is 67.0 Å². The average molecular weight is 335 g/mol. The summed E-state index contributed by atoms with van der Waals surface area (Å²) in [7, 11) is 0. The van der Waals surface area contributed by atoms with Crippen LogP contribution in [0.1, 0.15) is 5.56 Å². The van der Waals surface area contributed by atoms with Crippen molar-refractivity contribution >= 4 is 5.95 Å². The molecule has 0 radical (unpaired) electrons. The first kappa shape index (κ1) is 15.0. The topological polar surface area (TPSA) is 73.5 Å². The highest BCUT2D eigenvalue weighted by atomic mass is 19.1. The van der Waals surface area contributed by atoms with E-state index in [9.17, 15) is 4.39 Å². The molecule has 0 fully saturated rings. The van der Waals surface area contributed by atoms with Crippen LogP contribution in [0, 0.1) is 5.82 Å². The first-order chi connectivity index (χ1) is 12.3. The number of nitrogens with one attached hydrogen (secondary N) is 1. The molecule has 0 atom stereocenters. The minimum absolute atomic E-state index is 0.297. The molecule has 0 aliphatic heterocycles. The van der Waals surface area contributed by atoms with Crippen molar-refractivity contribution in [3.05, 3.63) is 78.4 Å². The number of tetrazole rings is 1. The van der Waals surface area contributed by atoms with Gasteiger partial charge in [-0.2, -0.15) is 9.78 Å². The molecule has 2 aromatic carbocycles. The molecular weight excluding hydrogens is 321 g/mol. The summed E-state index contributed by atoms with van der Waals surface area (Å²) in [6, 6.07) is 15.9. The smallest absolute Gasteiger partial charge is 0.248 e. The Kier molecular flexibility index (Phi) is 3.91. The van der Waals surface area contributed by atoms with Crippen molar-refractivity contribution in [1.82, 2.24) is 30.0 Å². The van der Waals surface area contributed by atoms with Crippen LogP contribution in [0.4, 0.5) is 10.3 Å². The Bertz CT molecular complexity index is 977. The molecule has 4 rings (SSSR count). The summed E-state index contributed by atoms with van der Waals surface area (Å²) in [6.07, 6.45) is 3.55. The van der Waals surface area contributed by atoms with Crippen LogP contribution in [0.5, 0.6) is 0 Å². The third-order valence-electron chi connectivity index (χ3n) is 3.63. The molecule has 0 amide bonds. The minimum atomic E-state index is -0.297. The molecule has 7 nitrogen and oxygen atoms in total. The van der Waals surface area contributed by atoms with Gasteiger partial charge in [0.15, 0.2) is 0 Å². The van der Waals surface area contributed by atoms with Gasteiger partial charge in [-0.05, 0) is 40.8 Å². The molecule has 0 saturated heterocycles. The van der Waals surface area contributed by atoms with Gasteiger partial charge in [-0.1, -0.05) is 29.4 Å². The van der Waals surface area contributed by atoms with E-state index < -0.39 is 0 Å². The van der Waals surface area contributed by atoms with Gasteiger partial charge in [-0.25, -0.2) is 9.07 Å². The number of aromatic nitrogens is 6. The Morgan fingerprint density at radius 2 is 1.84 bits per heavy atom. The van der Waals surface area contributed by atoms with Gasteiger partial charge in [-0.15, -0.1) is 0 Å². The van der Waals surface area contributed by atoms with Crippen LogP contribution in [-0.2, 0) is 6.54 Å². The van der Waals surface area contributed by atoms with E-state index in [1.54, 1.807) is 27.7 Å². The van der Waals surface area contributed by atoms with Gasteiger partial charge in [0, 0.05) is 18.3 Å². The van der Waals surface area contributed by atoms with Crippen LogP contribution in [0.25, 0.3) is 11.4 Å². The summed E-state index contributed by atoms with van der Waals surface area (Å²) in [5.41, 5.74) is 2.46. The van der Waals surface area contributed by atoms with Gasteiger partial charge in [0.05, 0.1) is 17.6 Å². The fourth-order valence-corrected chi connectivity index (χ4v) is 2.43. The van der Waals surface area contributed by atoms with Gasteiger partial charge in [-0.3, -0.25) is 0 Å². The standard InChI is InChI=1S/C17H14FN7/c18-14-5-4-8-16(9-14)24-12-13(11-20-24)10-19-17-21-22-23-25(17)15-6-2-1-3-7-15/h1-9,11-12H,10H2,(H,19,21,23). The van der Waals surface area contributed by atoms with E-state index in [4.69, 9.17) is 0 Å². The van der Waals surface area contributed by atoms with Crippen LogP contribution in [0.2, 0.25) is 0 Å². The van der Waals surface area contributed by atoms with E-state index in [1.807, 2.05) is 36.5 Å². The van der Waals surface area contributed by atoms with Gasteiger partial charge in [0.1, 0.15) is 5.82 Å². The van der Waals surface area contributed by atoms with Crippen molar-refractivity contribution in [2.45, 2.75) is 6.54 Å². The van der Waals surface area contributed by atoms with Crippen LogP contribution >= 0.6 is 0 Å². The maximum atomic E-state index is 13.3. The second kappa shape index (κ2) is 6.52. The lowest BCUT2D eigenvalue weighted by Crippen LogP contribution is -2.07. The van der Waals surface area contributed by atoms with E-state index in [0.717, 1.165) is 11.3 Å². The summed E-state index contributed by atoms with van der Waals surface area (Å²) in [5, 5.41) is 19.1. The maximum absolute atomic E-state index is 13.3. The van der Waals surface area contributed by atoms with E-state index in [1.165, 1.54) is 12.1 Å². The predicted octanol–water partition coefficient (Wildman–Crippen LogP) is 2.60. The Morgan fingerprint density at radius 3 is 2.68 bits per heavy atom. The average Bonchev–Trinajstić information content (AvgIpc) is 3.30. The second-order valence-electron chi connectivity index (χ2n) is 5.38. The zero-order chi connectivity index (χ0) is 17.1. The summed E-state index contributed by atoms with van der Waals surface area (Å²) < 4.78 is 16.6. The SMILES string of the molecule is Fc1cccc(-n2cc(CNc3nnnn3-c3ccccc3)cn2)c1. The molecule has 25 heavy (non-hydrogen) atoms. The van der Waals surface area contributed by atoms with Crippen molar-refractivity contribution < 1.29 is 4.39 Å².